The number of nitrogens with one attached hydrogen (secondary N) is 1. The standard InChI is InChI=1S/C13H14BrNO3S/c1-8-11(13(16)17)6-9(18-8)7-15-5-4-10-2-3-12(14)19-10/h2-3,6,15H,4-5,7H2,1H3,(H,16,17). The molecule has 4 nitrogen and oxygen atoms in total. The molecule has 2 N–H and O–H groups in total. The molecule has 0 atom stereocenters. The van der Waals surface area contributed by atoms with Crippen molar-refractivity contribution in [2.75, 3.05) is 6.54 Å². The highest BCUT2D eigenvalue weighted by molar-refractivity contribution is 9.11. The van der Waals surface area contributed by atoms with Gasteiger partial charge < -0.3 is 14.8 Å². The van der Waals surface area contributed by atoms with Gasteiger partial charge in [0.25, 0.3) is 0 Å². The lowest BCUT2D eigenvalue weighted by molar-refractivity contribution is 0.0695. The first-order valence-electron chi connectivity index (χ1n) is 5.84. The third-order valence-electron chi connectivity index (χ3n) is 2.68. The molecule has 0 spiro atoms. The fourth-order valence-corrected chi connectivity index (χ4v) is 3.24. The molecule has 0 saturated heterocycles. The third-order valence-corrected chi connectivity index (χ3v) is 4.36. The van der Waals surface area contributed by atoms with Crippen molar-refractivity contribution in [1.82, 2.24) is 5.32 Å². The van der Waals surface area contributed by atoms with Crippen LogP contribution in [0.25, 0.3) is 0 Å². The largest absolute Gasteiger partial charge is 0.478 e. The van der Waals surface area contributed by atoms with Crippen molar-refractivity contribution in [2.24, 2.45) is 0 Å². The van der Waals surface area contributed by atoms with Gasteiger partial charge in [-0.3, -0.25) is 0 Å². The maximum atomic E-state index is 10.9. The Kier molecular flexibility index (Phi) is 4.79. The Morgan fingerprint density at radius 1 is 1.53 bits per heavy atom. The summed E-state index contributed by atoms with van der Waals surface area (Å²) in [6.45, 7) is 3.03. The molecule has 0 unspecified atom stereocenters. The summed E-state index contributed by atoms with van der Waals surface area (Å²) in [6.07, 6.45) is 0.946. The lowest BCUT2D eigenvalue weighted by atomic mass is 10.2. The molecule has 6 heteroatoms. The lowest BCUT2D eigenvalue weighted by Gasteiger charge is -2.00. The summed E-state index contributed by atoms with van der Waals surface area (Å²) in [7, 11) is 0. The van der Waals surface area contributed by atoms with E-state index in [4.69, 9.17) is 9.52 Å². The number of carbonyl (C=O) groups is 1. The van der Waals surface area contributed by atoms with E-state index in [-0.39, 0.29) is 5.56 Å². The Labute approximate surface area is 123 Å². The van der Waals surface area contributed by atoms with Crippen LogP contribution in [0.5, 0.6) is 0 Å². The second-order valence-electron chi connectivity index (χ2n) is 4.12. The molecule has 19 heavy (non-hydrogen) atoms. The number of furan rings is 1. The average Bonchev–Trinajstić information content (AvgIpc) is 2.91. The zero-order chi connectivity index (χ0) is 13.8. The lowest BCUT2D eigenvalue weighted by Crippen LogP contribution is -2.15. The van der Waals surface area contributed by atoms with Crippen molar-refractivity contribution in [3.63, 3.8) is 0 Å². The highest BCUT2D eigenvalue weighted by Crippen LogP contribution is 2.22. The smallest absolute Gasteiger partial charge is 0.339 e. The highest BCUT2D eigenvalue weighted by Gasteiger charge is 2.13. The molecule has 0 fully saturated rings. The second-order valence-corrected chi connectivity index (χ2v) is 6.67. The number of aromatic carboxylic acids is 1. The van der Waals surface area contributed by atoms with Crippen molar-refractivity contribution in [3.05, 3.63) is 43.9 Å². The predicted octanol–water partition coefficient (Wildman–Crippen LogP) is 3.44. The van der Waals surface area contributed by atoms with Gasteiger partial charge in [0.1, 0.15) is 17.1 Å². The van der Waals surface area contributed by atoms with Crippen LogP contribution in [-0.2, 0) is 13.0 Å². The summed E-state index contributed by atoms with van der Waals surface area (Å²) in [6, 6.07) is 5.71. The Balaban J connectivity index is 1.79. The van der Waals surface area contributed by atoms with Crippen LogP contribution in [0.2, 0.25) is 0 Å². The van der Waals surface area contributed by atoms with Gasteiger partial charge in [-0.25, -0.2) is 4.79 Å². The van der Waals surface area contributed by atoms with E-state index >= 15 is 0 Å². The van der Waals surface area contributed by atoms with Crippen molar-refractivity contribution in [2.45, 2.75) is 19.9 Å². The van der Waals surface area contributed by atoms with Crippen molar-refractivity contribution >= 4 is 33.2 Å². The van der Waals surface area contributed by atoms with Gasteiger partial charge in [-0.2, -0.15) is 0 Å². The topological polar surface area (TPSA) is 62.5 Å². The van der Waals surface area contributed by atoms with E-state index in [2.05, 4.69) is 27.3 Å². The number of carboxylic acid groups (broad SMARTS) is 1. The number of aryl methyl sites for hydroxylation is 1. The molecule has 0 aromatic carbocycles. The molecule has 0 amide bonds. The van der Waals surface area contributed by atoms with Crippen LogP contribution in [0, 0.1) is 6.92 Å². The summed E-state index contributed by atoms with van der Waals surface area (Å²) < 4.78 is 6.52. The summed E-state index contributed by atoms with van der Waals surface area (Å²) in [4.78, 5) is 12.2. The van der Waals surface area contributed by atoms with E-state index in [9.17, 15) is 4.79 Å². The van der Waals surface area contributed by atoms with Gasteiger partial charge in [-0.15, -0.1) is 11.3 Å². The first-order chi connectivity index (χ1) is 9.06. The van der Waals surface area contributed by atoms with Crippen molar-refractivity contribution in [3.8, 4) is 0 Å². The van der Waals surface area contributed by atoms with Gasteiger partial charge in [-0.05, 0) is 47.5 Å². The average molecular weight is 344 g/mol. The van der Waals surface area contributed by atoms with E-state index in [1.165, 1.54) is 4.88 Å². The van der Waals surface area contributed by atoms with Gasteiger partial charge >= 0.3 is 5.97 Å². The second kappa shape index (κ2) is 6.36. The molecule has 2 rings (SSSR count). The van der Waals surface area contributed by atoms with Crippen LogP contribution in [0.15, 0.2) is 26.4 Å². The number of hydrogen-bond donors (Lipinski definition) is 2. The number of carboxylic acids is 1. The first kappa shape index (κ1) is 14.3. The zero-order valence-corrected chi connectivity index (χ0v) is 12.8. The van der Waals surface area contributed by atoms with E-state index in [0.29, 0.717) is 18.1 Å². The molecule has 0 aliphatic carbocycles. The Morgan fingerprint density at radius 3 is 2.89 bits per heavy atom. The van der Waals surface area contributed by atoms with Crippen LogP contribution < -0.4 is 5.32 Å². The molecule has 2 aromatic heterocycles. The van der Waals surface area contributed by atoms with Crippen LogP contribution in [0.1, 0.15) is 26.8 Å². The van der Waals surface area contributed by atoms with Crippen LogP contribution in [0.4, 0.5) is 0 Å². The molecular formula is C13H14BrNO3S. The maximum absolute atomic E-state index is 10.9. The SMILES string of the molecule is Cc1oc(CNCCc2ccc(Br)s2)cc1C(=O)O. The van der Waals surface area contributed by atoms with Gasteiger partial charge in [0.15, 0.2) is 0 Å². The summed E-state index contributed by atoms with van der Waals surface area (Å²) in [5.41, 5.74) is 0.235. The Morgan fingerprint density at radius 2 is 2.32 bits per heavy atom. The first-order valence-corrected chi connectivity index (χ1v) is 7.44. The monoisotopic (exact) mass is 343 g/mol. The Bertz CT molecular complexity index is 576. The van der Waals surface area contributed by atoms with E-state index in [1.54, 1.807) is 24.3 Å². The normalized spacial score (nSPS) is 10.8. The quantitative estimate of drug-likeness (QED) is 0.788. The van der Waals surface area contributed by atoms with Gasteiger partial charge in [-0.1, -0.05) is 0 Å². The molecule has 2 aromatic rings. The van der Waals surface area contributed by atoms with E-state index < -0.39 is 5.97 Å². The predicted molar refractivity (Wildman–Crippen MR) is 77.8 cm³/mol. The number of thiophene rings is 1. The van der Waals surface area contributed by atoms with Crippen molar-refractivity contribution < 1.29 is 14.3 Å². The van der Waals surface area contributed by atoms with Crippen LogP contribution in [0.3, 0.4) is 0 Å². The summed E-state index contributed by atoms with van der Waals surface area (Å²) in [5.74, 6) is 0.157. The fraction of sp³-hybridized carbons (Fsp3) is 0.308. The number of halogens is 1. The molecule has 0 aliphatic rings. The van der Waals surface area contributed by atoms with E-state index in [1.807, 2.05) is 6.07 Å². The minimum absolute atomic E-state index is 0.235. The minimum atomic E-state index is -0.948. The Hall–Kier alpha value is -1.11. The van der Waals surface area contributed by atoms with E-state index in [0.717, 1.165) is 16.8 Å². The van der Waals surface area contributed by atoms with Gasteiger partial charge in [0.2, 0.25) is 0 Å². The minimum Gasteiger partial charge on any atom is -0.478 e. The molecule has 2 heterocycles. The third kappa shape index (κ3) is 3.92. The molecule has 0 saturated carbocycles. The molecule has 0 radical (unpaired) electrons. The molecule has 0 aliphatic heterocycles. The molecular weight excluding hydrogens is 330 g/mol. The number of hydrogen-bond acceptors (Lipinski definition) is 4. The highest BCUT2D eigenvalue weighted by atomic mass is 79.9. The molecule has 0 bridgehead atoms. The van der Waals surface area contributed by atoms with Crippen LogP contribution in [-0.4, -0.2) is 17.6 Å². The fourth-order valence-electron chi connectivity index (χ4n) is 1.75. The van der Waals surface area contributed by atoms with Crippen molar-refractivity contribution in [1.29, 1.82) is 0 Å². The summed E-state index contributed by atoms with van der Waals surface area (Å²) in [5, 5.41) is 12.2. The maximum Gasteiger partial charge on any atom is 0.339 e. The van der Waals surface area contributed by atoms with Gasteiger partial charge in [0, 0.05) is 11.4 Å². The zero-order valence-electron chi connectivity index (χ0n) is 10.4. The number of rotatable bonds is 6. The van der Waals surface area contributed by atoms with Gasteiger partial charge in [0.05, 0.1) is 10.3 Å². The van der Waals surface area contributed by atoms with Crippen LogP contribution >= 0.6 is 27.3 Å². The molecule has 102 valence electrons. The summed E-state index contributed by atoms with van der Waals surface area (Å²) >= 11 is 5.15.